The van der Waals surface area contributed by atoms with E-state index in [2.05, 4.69) is 46.6 Å². The first-order chi connectivity index (χ1) is 4.81. The van der Waals surface area contributed by atoms with E-state index in [9.17, 15) is 0 Å². The van der Waals surface area contributed by atoms with Gasteiger partial charge < -0.3 is 0 Å². The van der Waals surface area contributed by atoms with Gasteiger partial charge in [0.05, 0.1) is 23.7 Å². The van der Waals surface area contributed by atoms with Crippen molar-refractivity contribution >= 4 is 23.7 Å². The van der Waals surface area contributed by atoms with Crippen LogP contribution in [0.5, 0.6) is 0 Å². The minimum Gasteiger partial charge on any atom is -0.166 e. The van der Waals surface area contributed by atoms with Crippen molar-refractivity contribution in [1.82, 2.24) is 0 Å². The molecule has 0 saturated heterocycles. The monoisotopic (exact) mass is 178 g/mol. The lowest BCUT2D eigenvalue weighted by molar-refractivity contribution is 0.697. The van der Waals surface area contributed by atoms with Gasteiger partial charge in [-0.25, -0.2) is 0 Å². The number of benzene rings is 1. The summed E-state index contributed by atoms with van der Waals surface area (Å²) in [5.74, 6) is 0. The fourth-order valence-electron chi connectivity index (χ4n) is 0.534. The maximum Gasteiger partial charge on any atom is 0.0832 e. The van der Waals surface area contributed by atoms with E-state index in [1.54, 1.807) is 0 Å². The molecule has 0 heterocycles. The summed E-state index contributed by atoms with van der Waals surface area (Å²) >= 11 is 8.53. The molecule has 10 heavy (non-hydrogen) atoms. The maximum atomic E-state index is 4.26. The van der Waals surface area contributed by atoms with Crippen LogP contribution < -0.4 is 0 Å². The highest BCUT2D eigenvalue weighted by atomic mass is 35.6. The van der Waals surface area contributed by atoms with Crippen molar-refractivity contribution in [2.24, 2.45) is 0 Å². The zero-order chi connectivity index (χ0) is 7.82. The molecule has 0 amide bonds. The first-order valence-electron chi connectivity index (χ1n) is 2.72. The molecule has 0 atom stereocenters. The molecule has 0 saturated carbocycles. The van der Waals surface area contributed by atoms with Crippen LogP contribution in [0.25, 0.3) is 0 Å². The number of halogens is 2. The summed E-state index contributed by atoms with van der Waals surface area (Å²) in [6, 6.07) is 10.3. The lowest BCUT2D eigenvalue weighted by Gasteiger charge is -1.82. The quantitative estimate of drug-likeness (QED) is 0.593. The van der Waals surface area contributed by atoms with Crippen LogP contribution in [-0.2, 0) is 3.84 Å². The topological polar surface area (TPSA) is 9.23 Å². The van der Waals surface area contributed by atoms with E-state index in [-0.39, 0.29) is 0 Å². The second-order valence-electron chi connectivity index (χ2n) is 1.71. The van der Waals surface area contributed by atoms with Crippen molar-refractivity contribution in [2.75, 3.05) is 0 Å². The molecule has 3 heteroatoms. The van der Waals surface area contributed by atoms with E-state index in [4.69, 9.17) is 0 Å². The van der Waals surface area contributed by atoms with Gasteiger partial charge in [-0.1, -0.05) is 35.9 Å². The van der Waals surface area contributed by atoms with E-state index in [1.807, 2.05) is 18.2 Å². The lowest BCUT2D eigenvalue weighted by atomic mass is 10.2. The van der Waals surface area contributed by atoms with Crippen LogP contribution in [-0.4, -0.2) is 0 Å². The van der Waals surface area contributed by atoms with Crippen molar-refractivity contribution in [3.63, 3.8) is 0 Å². The maximum absolute atomic E-state index is 4.26. The van der Waals surface area contributed by atoms with E-state index in [0.717, 1.165) is 0 Å². The van der Waals surface area contributed by atoms with Gasteiger partial charge in [-0.05, 0) is 6.92 Å². The molecule has 1 aromatic rings. The summed E-state index contributed by atoms with van der Waals surface area (Å²) in [6.45, 7) is 2.08. The van der Waals surface area contributed by atoms with Gasteiger partial charge in [-0.2, -0.15) is 3.84 Å². The van der Waals surface area contributed by atoms with E-state index >= 15 is 0 Å². The van der Waals surface area contributed by atoms with E-state index in [1.165, 1.54) is 5.56 Å². The first-order valence-corrected chi connectivity index (χ1v) is 3.34. The zero-order valence-corrected chi connectivity index (χ0v) is 7.06. The standard InChI is InChI=1S/C7H8.Cl2O/c1-7-5-3-2-4-6-7;1-3-2/h2-6H,1H3;. The molecule has 0 unspecified atom stereocenters. The van der Waals surface area contributed by atoms with Gasteiger partial charge in [-0.3, -0.25) is 0 Å². The van der Waals surface area contributed by atoms with Gasteiger partial charge in [0, 0.05) is 0 Å². The molecule has 0 aromatic heterocycles. The van der Waals surface area contributed by atoms with Crippen molar-refractivity contribution < 1.29 is 3.84 Å². The van der Waals surface area contributed by atoms with Crippen molar-refractivity contribution in [3.8, 4) is 0 Å². The SMILES string of the molecule is Cc1ccccc1.ClOCl. The smallest absolute Gasteiger partial charge is 0.0832 e. The fraction of sp³-hybridized carbons (Fsp3) is 0.143. The molecule has 1 rings (SSSR count). The Kier molecular flexibility index (Phi) is 6.71. The van der Waals surface area contributed by atoms with Gasteiger partial charge in [0.25, 0.3) is 0 Å². The molecule has 0 spiro atoms. The van der Waals surface area contributed by atoms with Crippen LogP contribution in [0.2, 0.25) is 0 Å². The minimum absolute atomic E-state index is 1.32. The van der Waals surface area contributed by atoms with Gasteiger partial charge >= 0.3 is 0 Å². The normalized spacial score (nSPS) is 7.90. The van der Waals surface area contributed by atoms with E-state index in [0.29, 0.717) is 0 Å². The van der Waals surface area contributed by atoms with Gasteiger partial charge in [0.1, 0.15) is 0 Å². The van der Waals surface area contributed by atoms with Gasteiger partial charge in [0.2, 0.25) is 0 Å². The third-order valence-corrected chi connectivity index (χ3v) is 0.940. The molecule has 0 aliphatic rings. The minimum atomic E-state index is 1.32. The second-order valence-corrected chi connectivity index (χ2v) is 2.18. The Bertz CT molecular complexity index is 153. The Hall–Kier alpha value is -0.240. The number of rotatable bonds is 0. The third-order valence-electron chi connectivity index (χ3n) is 0.940. The highest BCUT2D eigenvalue weighted by molar-refractivity contribution is 6.24. The van der Waals surface area contributed by atoms with Crippen molar-refractivity contribution in [2.45, 2.75) is 6.92 Å². The Morgan fingerprint density at radius 1 is 1.10 bits per heavy atom. The molecule has 0 aliphatic heterocycles. The molecular formula is C7H8Cl2O. The lowest BCUT2D eigenvalue weighted by Crippen LogP contribution is -1.62. The summed E-state index contributed by atoms with van der Waals surface area (Å²) in [4.78, 5) is 0. The van der Waals surface area contributed by atoms with Crippen LogP contribution in [0, 0.1) is 6.92 Å². The molecule has 0 radical (unpaired) electrons. The fourth-order valence-corrected chi connectivity index (χ4v) is 0.534. The molecule has 0 bridgehead atoms. The largest absolute Gasteiger partial charge is 0.166 e. The van der Waals surface area contributed by atoms with Crippen LogP contribution in [0.4, 0.5) is 0 Å². The van der Waals surface area contributed by atoms with Crippen LogP contribution in [0.3, 0.4) is 0 Å². The second kappa shape index (κ2) is 6.87. The van der Waals surface area contributed by atoms with Crippen molar-refractivity contribution in [1.29, 1.82) is 0 Å². The number of hydrogen-bond acceptors (Lipinski definition) is 1. The highest BCUT2D eigenvalue weighted by Gasteiger charge is 1.72. The highest BCUT2D eigenvalue weighted by Crippen LogP contribution is 1.92. The molecule has 1 aromatic carbocycles. The molecule has 1 nitrogen and oxygen atoms in total. The predicted octanol–water partition coefficient (Wildman–Crippen LogP) is 3.31. The average Bonchev–Trinajstić information content (AvgIpc) is 1.91. The van der Waals surface area contributed by atoms with Crippen LogP contribution in [0.1, 0.15) is 5.56 Å². The summed E-state index contributed by atoms with van der Waals surface area (Å²) in [5.41, 5.74) is 1.32. The molecule has 0 aliphatic carbocycles. The molecule has 56 valence electrons. The molecule has 0 fully saturated rings. The zero-order valence-electron chi connectivity index (χ0n) is 5.55. The molecular weight excluding hydrogens is 171 g/mol. The van der Waals surface area contributed by atoms with Crippen LogP contribution >= 0.6 is 23.7 Å². The number of hydrogen-bond donors (Lipinski definition) is 0. The molecule has 0 N–H and O–H groups in total. The first kappa shape index (κ1) is 9.76. The van der Waals surface area contributed by atoms with Gasteiger partial charge in [-0.15, -0.1) is 0 Å². The average molecular weight is 179 g/mol. The third kappa shape index (κ3) is 5.89. The van der Waals surface area contributed by atoms with Crippen LogP contribution in [0.15, 0.2) is 30.3 Å². The summed E-state index contributed by atoms with van der Waals surface area (Å²) in [5, 5.41) is 0. The summed E-state index contributed by atoms with van der Waals surface area (Å²) < 4.78 is 3.19. The Labute approximate surface area is 70.9 Å². The van der Waals surface area contributed by atoms with Crippen molar-refractivity contribution in [3.05, 3.63) is 35.9 Å². The Morgan fingerprint density at radius 3 is 1.70 bits per heavy atom. The summed E-state index contributed by atoms with van der Waals surface area (Å²) in [6.07, 6.45) is 0. The summed E-state index contributed by atoms with van der Waals surface area (Å²) in [7, 11) is 0. The predicted molar refractivity (Wildman–Crippen MR) is 44.0 cm³/mol. The Morgan fingerprint density at radius 2 is 1.50 bits per heavy atom. The Balaban J connectivity index is 0.000000236. The van der Waals surface area contributed by atoms with E-state index < -0.39 is 0 Å². The van der Waals surface area contributed by atoms with Gasteiger partial charge in [0.15, 0.2) is 0 Å². The number of aryl methyl sites for hydroxylation is 1.